The van der Waals surface area contributed by atoms with E-state index in [0.29, 0.717) is 0 Å². The first-order valence-electron chi connectivity index (χ1n) is 3.60. The molecule has 1 radical (unpaired) electrons. The summed E-state index contributed by atoms with van der Waals surface area (Å²) < 4.78 is 0. The molecule has 0 saturated heterocycles. The molecule has 0 aliphatic heterocycles. The summed E-state index contributed by atoms with van der Waals surface area (Å²) in [7, 11) is 0. The summed E-state index contributed by atoms with van der Waals surface area (Å²) in [5, 5.41) is 2.54. The van der Waals surface area contributed by atoms with E-state index in [0.717, 1.165) is 0 Å². The lowest BCUT2D eigenvalue weighted by Crippen LogP contribution is -2.46. The highest BCUT2D eigenvalue weighted by atomic mass is 16.2. The number of hydrogen-bond acceptors (Lipinski definition) is 2. The van der Waals surface area contributed by atoms with Crippen molar-refractivity contribution in [3.05, 3.63) is 0 Å². The van der Waals surface area contributed by atoms with Crippen molar-refractivity contribution in [3.8, 4) is 0 Å². The number of hydrogen-bond donors (Lipinski definition) is 1. The van der Waals surface area contributed by atoms with Gasteiger partial charge in [-0.2, -0.15) is 0 Å². The second kappa shape index (κ2) is 3.51. The molecule has 0 saturated carbocycles. The Kier molecular flexibility index (Phi) is 3.23. The van der Waals surface area contributed by atoms with Crippen LogP contribution in [0.3, 0.4) is 0 Å². The maximum absolute atomic E-state index is 11.0. The van der Waals surface area contributed by atoms with Gasteiger partial charge in [0.25, 0.3) is 0 Å². The molecule has 0 unspecified atom stereocenters. The third-order valence-corrected chi connectivity index (χ3v) is 1.22. The van der Waals surface area contributed by atoms with Gasteiger partial charge in [0.05, 0.1) is 0 Å². The first-order valence-corrected chi connectivity index (χ1v) is 3.60. The Hall–Kier alpha value is -0.860. The minimum absolute atomic E-state index is 0.0948. The highest BCUT2D eigenvalue weighted by Gasteiger charge is 2.21. The van der Waals surface area contributed by atoms with Crippen molar-refractivity contribution in [2.75, 3.05) is 0 Å². The van der Waals surface area contributed by atoms with Crippen molar-refractivity contribution in [1.29, 1.82) is 0 Å². The third kappa shape index (κ3) is 3.75. The fourth-order valence-corrected chi connectivity index (χ4v) is 0.478. The molecule has 0 bridgehead atoms. The molecule has 1 N–H and O–H groups in total. The van der Waals surface area contributed by atoms with Gasteiger partial charge in [0, 0.05) is 5.92 Å². The van der Waals surface area contributed by atoms with Gasteiger partial charge in [-0.3, -0.25) is 9.59 Å². The second-order valence-electron chi connectivity index (χ2n) is 3.37. The van der Waals surface area contributed by atoms with E-state index in [1.54, 1.807) is 34.0 Å². The molecule has 0 fully saturated rings. The zero-order chi connectivity index (χ0) is 9.07. The van der Waals surface area contributed by atoms with Crippen molar-refractivity contribution in [2.24, 2.45) is 5.92 Å². The van der Waals surface area contributed by atoms with Crippen LogP contribution in [0.5, 0.6) is 0 Å². The Bertz CT molecular complexity index is 161. The number of carbonyl (C=O) groups is 1. The van der Waals surface area contributed by atoms with Gasteiger partial charge in [0.15, 0.2) is 0 Å². The van der Waals surface area contributed by atoms with Gasteiger partial charge >= 0.3 is 0 Å². The number of nitrogens with one attached hydrogen (secondary N) is 1. The maximum atomic E-state index is 11.0. The molecule has 0 aromatic carbocycles. The summed E-state index contributed by atoms with van der Waals surface area (Å²) in [5.41, 5.74) is -0.860. The van der Waals surface area contributed by atoms with E-state index in [9.17, 15) is 9.59 Å². The molecule has 0 aliphatic rings. The highest BCUT2D eigenvalue weighted by molar-refractivity contribution is 5.82. The van der Waals surface area contributed by atoms with Crippen molar-refractivity contribution >= 4 is 12.2 Å². The SMILES string of the molecule is CC(C)C(=O)NC(C)(C)[C]=O. The molecule has 0 atom stereocenters. The van der Waals surface area contributed by atoms with Crippen LogP contribution in [-0.4, -0.2) is 17.7 Å². The molecule has 0 aromatic rings. The van der Waals surface area contributed by atoms with Crippen molar-refractivity contribution in [2.45, 2.75) is 33.2 Å². The van der Waals surface area contributed by atoms with Crippen LogP contribution < -0.4 is 5.32 Å². The van der Waals surface area contributed by atoms with Gasteiger partial charge in [-0.15, -0.1) is 0 Å². The predicted molar refractivity (Wildman–Crippen MR) is 42.8 cm³/mol. The second-order valence-corrected chi connectivity index (χ2v) is 3.37. The summed E-state index contributed by atoms with van der Waals surface area (Å²) >= 11 is 0. The van der Waals surface area contributed by atoms with E-state index in [4.69, 9.17) is 0 Å². The van der Waals surface area contributed by atoms with Crippen LogP contribution in [0.2, 0.25) is 0 Å². The van der Waals surface area contributed by atoms with Crippen molar-refractivity contribution in [3.63, 3.8) is 0 Å². The van der Waals surface area contributed by atoms with Gasteiger partial charge in [-0.1, -0.05) is 13.8 Å². The molecule has 0 rings (SSSR count). The molecule has 63 valence electrons. The quantitative estimate of drug-likeness (QED) is 0.652. The van der Waals surface area contributed by atoms with Crippen molar-refractivity contribution < 1.29 is 9.59 Å². The number of rotatable bonds is 3. The molecule has 0 aromatic heterocycles. The van der Waals surface area contributed by atoms with Gasteiger partial charge in [-0.05, 0) is 13.8 Å². The Morgan fingerprint density at radius 1 is 1.45 bits per heavy atom. The minimum atomic E-state index is -0.860. The molecule has 0 aliphatic carbocycles. The summed E-state index contributed by atoms with van der Waals surface area (Å²) in [6, 6.07) is 0. The zero-order valence-corrected chi connectivity index (χ0v) is 7.39. The van der Waals surface area contributed by atoms with E-state index >= 15 is 0 Å². The van der Waals surface area contributed by atoms with Gasteiger partial charge in [-0.25, -0.2) is 0 Å². The zero-order valence-electron chi connectivity index (χ0n) is 7.39. The van der Waals surface area contributed by atoms with Crippen LogP contribution in [0.4, 0.5) is 0 Å². The fraction of sp³-hybridized carbons (Fsp3) is 0.750. The molecular formula is C8H14NO2. The summed E-state index contributed by atoms with van der Waals surface area (Å²) in [6.07, 6.45) is 1.75. The number of carbonyl (C=O) groups excluding carboxylic acids is 2. The Balaban J connectivity index is 4.04. The van der Waals surface area contributed by atoms with E-state index < -0.39 is 5.54 Å². The monoisotopic (exact) mass is 156 g/mol. The first-order chi connectivity index (χ1) is 4.89. The van der Waals surface area contributed by atoms with Crippen LogP contribution in [-0.2, 0) is 9.59 Å². The highest BCUT2D eigenvalue weighted by Crippen LogP contribution is 1.99. The standard InChI is InChI=1S/C8H14NO2/c1-6(2)7(11)9-8(3,4)5-10/h6H,1-4H3,(H,9,11). The summed E-state index contributed by atoms with van der Waals surface area (Å²) in [5.74, 6) is -0.221. The molecule has 0 spiro atoms. The third-order valence-electron chi connectivity index (χ3n) is 1.22. The topological polar surface area (TPSA) is 46.2 Å². The molecule has 11 heavy (non-hydrogen) atoms. The van der Waals surface area contributed by atoms with Crippen LogP contribution in [0, 0.1) is 5.92 Å². The fourth-order valence-electron chi connectivity index (χ4n) is 0.478. The summed E-state index contributed by atoms with van der Waals surface area (Å²) in [4.78, 5) is 21.3. The molecule has 0 heterocycles. The van der Waals surface area contributed by atoms with Crippen LogP contribution in [0.15, 0.2) is 0 Å². The average molecular weight is 156 g/mol. The largest absolute Gasteiger partial charge is 0.343 e. The van der Waals surface area contributed by atoms with E-state index in [1.807, 2.05) is 0 Å². The Morgan fingerprint density at radius 2 is 1.91 bits per heavy atom. The number of amides is 1. The normalized spacial score (nSPS) is 11.4. The van der Waals surface area contributed by atoms with Crippen molar-refractivity contribution in [1.82, 2.24) is 5.32 Å². The molecule has 3 nitrogen and oxygen atoms in total. The van der Waals surface area contributed by atoms with Crippen LogP contribution >= 0.6 is 0 Å². The van der Waals surface area contributed by atoms with Crippen LogP contribution in [0.1, 0.15) is 27.7 Å². The Labute approximate surface area is 67.2 Å². The molecular weight excluding hydrogens is 142 g/mol. The smallest absolute Gasteiger partial charge is 0.225 e. The molecule has 1 amide bonds. The van der Waals surface area contributed by atoms with Gasteiger partial charge < -0.3 is 5.32 Å². The lowest BCUT2D eigenvalue weighted by atomic mass is 10.1. The predicted octanol–water partition coefficient (Wildman–Crippen LogP) is 0.647. The summed E-state index contributed by atoms with van der Waals surface area (Å²) in [6.45, 7) is 6.77. The average Bonchev–Trinajstić information content (AvgIpc) is 1.87. The Morgan fingerprint density at radius 3 is 2.18 bits per heavy atom. The van der Waals surface area contributed by atoms with Crippen LogP contribution in [0.25, 0.3) is 0 Å². The van der Waals surface area contributed by atoms with E-state index in [1.165, 1.54) is 0 Å². The maximum Gasteiger partial charge on any atom is 0.225 e. The van der Waals surface area contributed by atoms with E-state index in [-0.39, 0.29) is 11.8 Å². The van der Waals surface area contributed by atoms with Gasteiger partial charge in [0.1, 0.15) is 5.54 Å². The first kappa shape index (κ1) is 10.1. The van der Waals surface area contributed by atoms with Gasteiger partial charge in [0.2, 0.25) is 12.2 Å². The lowest BCUT2D eigenvalue weighted by Gasteiger charge is -2.19. The molecule has 3 heteroatoms. The lowest BCUT2D eigenvalue weighted by molar-refractivity contribution is -0.124. The minimum Gasteiger partial charge on any atom is -0.343 e. The van der Waals surface area contributed by atoms with E-state index in [2.05, 4.69) is 5.32 Å².